The first-order chi connectivity index (χ1) is 34.2. The van der Waals surface area contributed by atoms with Gasteiger partial charge in [0.1, 0.15) is 18.8 Å². The average molecular weight is 983 g/mol. The van der Waals surface area contributed by atoms with E-state index in [1.54, 1.807) is 0 Å². The molecule has 0 aromatic heterocycles. The number of anilines is 1. The summed E-state index contributed by atoms with van der Waals surface area (Å²) in [5.41, 5.74) is 5.30. The first-order valence-electron chi connectivity index (χ1n) is 23.6. The lowest BCUT2D eigenvalue weighted by atomic mass is 9.83. The number of ether oxygens (including phenoxy) is 7. The van der Waals surface area contributed by atoms with E-state index < -0.39 is 66.8 Å². The van der Waals surface area contributed by atoms with Crippen LogP contribution in [0.25, 0.3) is 21.5 Å². The molecule has 14 nitrogen and oxygen atoms in total. The molecule has 0 saturated carbocycles. The summed E-state index contributed by atoms with van der Waals surface area (Å²) in [7, 11) is 2.12. The lowest BCUT2D eigenvalue weighted by Crippen LogP contribution is -2.62. The molecule has 2 aliphatic heterocycles. The molecule has 6 aromatic rings. The zero-order valence-electron chi connectivity index (χ0n) is 40.2. The molecule has 2 N–H and O–H groups in total. The Morgan fingerprint density at radius 2 is 1.21 bits per heavy atom. The van der Waals surface area contributed by atoms with Crippen molar-refractivity contribution in [3.8, 4) is 0 Å². The molecule has 15 heteroatoms. The third-order valence-electron chi connectivity index (χ3n) is 12.7. The van der Waals surface area contributed by atoms with Crippen molar-refractivity contribution >= 4 is 68.3 Å². The van der Waals surface area contributed by atoms with Crippen LogP contribution in [0.2, 0.25) is 0 Å². The monoisotopic (exact) mass is 982 g/mol. The number of aliphatic hydroxyl groups is 1. The minimum Gasteiger partial charge on any atom is -0.463 e. The predicted molar refractivity (Wildman–Crippen MR) is 270 cm³/mol. The molecular formula is C56H58N2O12S. The molecule has 0 radical (unpaired) electrons. The van der Waals surface area contributed by atoms with E-state index in [9.17, 15) is 24.3 Å². The van der Waals surface area contributed by atoms with Crippen molar-refractivity contribution in [1.29, 1.82) is 0 Å². The number of esters is 4. The fourth-order valence-corrected chi connectivity index (χ4v) is 10.0. The molecule has 9 atom stereocenters. The normalized spacial score (nSPS) is 23.2. The molecule has 2 saturated heterocycles. The smallest absolute Gasteiger partial charge is 0.303 e. The molecule has 2 aliphatic rings. The van der Waals surface area contributed by atoms with Gasteiger partial charge in [-0.25, -0.2) is 0 Å². The zero-order chi connectivity index (χ0) is 50.2. The van der Waals surface area contributed by atoms with E-state index >= 15 is 0 Å². The summed E-state index contributed by atoms with van der Waals surface area (Å²) in [6.45, 7) is 5.50. The Hall–Kier alpha value is -6.59. The second-order valence-electron chi connectivity index (χ2n) is 18.0. The Morgan fingerprint density at radius 1 is 0.620 bits per heavy atom. The van der Waals surface area contributed by atoms with Gasteiger partial charge in [-0.15, -0.1) is 0 Å². The van der Waals surface area contributed by atoms with Gasteiger partial charge in [-0.3, -0.25) is 24.1 Å². The molecule has 8 rings (SSSR count). The van der Waals surface area contributed by atoms with Gasteiger partial charge in [0.25, 0.3) is 0 Å². The Balaban J connectivity index is 1.09. The van der Waals surface area contributed by atoms with Crippen LogP contribution in [0.1, 0.15) is 80.2 Å². The number of carbonyl (C=O) groups is 4. The number of nitrogens with zero attached hydrogens (tertiary/aromatic N) is 1. The van der Waals surface area contributed by atoms with Crippen LogP contribution >= 0.6 is 12.2 Å². The van der Waals surface area contributed by atoms with Crippen LogP contribution in [0.15, 0.2) is 133 Å². The number of hydrogen-bond acceptors (Lipinski definition) is 14. The summed E-state index contributed by atoms with van der Waals surface area (Å²) >= 11 is 5.91. The van der Waals surface area contributed by atoms with Crippen molar-refractivity contribution in [2.45, 2.75) is 102 Å². The van der Waals surface area contributed by atoms with Crippen LogP contribution in [0, 0.1) is 0 Å². The molecule has 0 bridgehead atoms. The van der Waals surface area contributed by atoms with Gasteiger partial charge >= 0.3 is 23.9 Å². The van der Waals surface area contributed by atoms with Crippen molar-refractivity contribution in [2.24, 2.45) is 0 Å². The van der Waals surface area contributed by atoms with E-state index in [0.717, 1.165) is 16.7 Å². The predicted octanol–water partition coefficient (Wildman–Crippen LogP) is 8.81. The Morgan fingerprint density at radius 3 is 1.83 bits per heavy atom. The van der Waals surface area contributed by atoms with Crippen molar-refractivity contribution < 1.29 is 57.4 Å². The van der Waals surface area contributed by atoms with Gasteiger partial charge in [-0.1, -0.05) is 127 Å². The topological polar surface area (TPSA) is 168 Å². The fourth-order valence-electron chi connectivity index (χ4n) is 9.73. The van der Waals surface area contributed by atoms with E-state index in [1.165, 1.54) is 54.8 Å². The molecule has 9 unspecified atom stereocenters. The van der Waals surface area contributed by atoms with Crippen LogP contribution in [-0.2, 0) is 65.5 Å². The number of thiocarbonyl (C=S) groups is 1. The average Bonchev–Trinajstić information content (AvgIpc) is 3.34. The largest absolute Gasteiger partial charge is 0.463 e. The van der Waals surface area contributed by atoms with Gasteiger partial charge in [0, 0.05) is 64.4 Å². The Bertz CT molecular complexity index is 2810. The van der Waals surface area contributed by atoms with E-state index in [1.807, 2.05) is 66.7 Å². The maximum absolute atomic E-state index is 12.5. The molecular weight excluding hydrogens is 925 g/mol. The molecule has 2 fully saturated rings. The second-order valence-corrected chi connectivity index (χ2v) is 18.5. The van der Waals surface area contributed by atoms with Crippen molar-refractivity contribution in [2.75, 3.05) is 25.5 Å². The first-order valence-corrected chi connectivity index (χ1v) is 24.0. The number of likely N-dealkylation sites (N-methyl/N-ethyl adjacent to an activating group) is 1. The van der Waals surface area contributed by atoms with E-state index in [4.69, 9.17) is 45.4 Å². The van der Waals surface area contributed by atoms with Gasteiger partial charge in [-0.05, 0) is 69.0 Å². The summed E-state index contributed by atoms with van der Waals surface area (Å²) in [4.78, 5) is 51.7. The van der Waals surface area contributed by atoms with Crippen LogP contribution in [-0.4, -0.2) is 95.7 Å². The highest BCUT2D eigenvalue weighted by atomic mass is 32.1. The number of aliphatic hydroxyl groups excluding tert-OH is 1. The van der Waals surface area contributed by atoms with Gasteiger partial charge < -0.3 is 43.6 Å². The summed E-state index contributed by atoms with van der Waals surface area (Å²) in [6.07, 6.45) is -7.78. The summed E-state index contributed by atoms with van der Waals surface area (Å²) in [5, 5.41) is 18.0. The third kappa shape index (κ3) is 12.5. The number of nitrogens with one attached hydrogen (secondary N) is 1. The Labute approximate surface area is 418 Å². The molecule has 0 aliphatic carbocycles. The minimum absolute atomic E-state index is 0.0554. The highest BCUT2D eigenvalue weighted by molar-refractivity contribution is 7.80. The zero-order valence-corrected chi connectivity index (χ0v) is 41.0. The van der Waals surface area contributed by atoms with Crippen molar-refractivity contribution in [3.05, 3.63) is 161 Å². The second kappa shape index (κ2) is 23.1. The number of carbonyl (C=O) groups excluding carboxylic acids is 4. The summed E-state index contributed by atoms with van der Waals surface area (Å²) < 4.78 is 42.6. The highest BCUT2D eigenvalue weighted by Crippen LogP contribution is 2.47. The van der Waals surface area contributed by atoms with Gasteiger partial charge in [0.15, 0.2) is 24.6 Å². The molecule has 6 aromatic carbocycles. The van der Waals surface area contributed by atoms with Gasteiger partial charge in [0.05, 0.1) is 23.8 Å². The number of benzene rings is 6. The minimum atomic E-state index is -1.32. The van der Waals surface area contributed by atoms with E-state index in [2.05, 4.69) is 84.0 Å². The quantitative estimate of drug-likeness (QED) is 0.0408. The fraction of sp³-hybridized carbons (Fsp3) is 0.339. The first kappa shape index (κ1) is 50.8. The van der Waals surface area contributed by atoms with Crippen molar-refractivity contribution in [1.82, 2.24) is 4.90 Å². The lowest BCUT2D eigenvalue weighted by molar-refractivity contribution is -0.263. The number of hydrogen-bond donors (Lipinski definition) is 2. The number of fused-ring (bicyclic) bond motifs is 2. The van der Waals surface area contributed by atoms with Crippen LogP contribution in [0.4, 0.5) is 5.69 Å². The highest BCUT2D eigenvalue weighted by Gasteiger charge is 2.52. The molecule has 71 heavy (non-hydrogen) atoms. The maximum atomic E-state index is 12.5. The SMILES string of the molecule is CC(=O)OCC1OC(CC(=S)Nc2cccc(C3OC(CN(C)Cc4c5ccccc5cc5ccccc45)C(c4ccccc4)C(c4ccc(CO)cc4)O3)c2)C(OC(C)=O)C(OC(C)=O)C1OC(C)=O. The molecule has 0 amide bonds. The van der Waals surface area contributed by atoms with Crippen LogP contribution < -0.4 is 5.32 Å². The maximum Gasteiger partial charge on any atom is 0.303 e. The Kier molecular flexibility index (Phi) is 16.5. The third-order valence-corrected chi connectivity index (χ3v) is 13.0. The van der Waals surface area contributed by atoms with Crippen LogP contribution in [0.5, 0.6) is 0 Å². The lowest BCUT2D eigenvalue weighted by Gasteiger charge is -2.44. The van der Waals surface area contributed by atoms with Gasteiger partial charge in [0.2, 0.25) is 0 Å². The standard InChI is InChI=1S/C56H58N2O12S/c1-33(60)64-32-49-54(66-35(3)62)55(67-36(4)63)53(65-34(2)61)47(68-49)28-50(71)57-43-19-13-18-42(27-43)56-69-48(51(38-14-7-6-8-15-38)52(70-56)39-24-22-37(31-59)23-25-39)30-58(5)29-46-44-20-11-9-16-40(44)26-41-17-10-12-21-45(41)46/h6-27,47-49,51-56,59H,28-32H2,1-5H3,(H,57,71). The van der Waals surface area contributed by atoms with E-state index in [0.29, 0.717) is 24.3 Å². The molecule has 2 heterocycles. The van der Waals surface area contributed by atoms with Gasteiger partial charge in [-0.2, -0.15) is 0 Å². The summed E-state index contributed by atoms with van der Waals surface area (Å²) in [6, 6.07) is 44.8. The number of rotatable bonds is 16. The van der Waals surface area contributed by atoms with E-state index in [-0.39, 0.29) is 36.6 Å². The molecule has 370 valence electrons. The molecule has 0 spiro atoms. The van der Waals surface area contributed by atoms with Crippen LogP contribution in [0.3, 0.4) is 0 Å². The van der Waals surface area contributed by atoms with Crippen molar-refractivity contribution in [3.63, 3.8) is 0 Å². The summed E-state index contributed by atoms with van der Waals surface area (Å²) in [5.74, 6) is -3.01.